The van der Waals surface area contributed by atoms with Crippen molar-refractivity contribution in [2.75, 3.05) is 5.73 Å². The van der Waals surface area contributed by atoms with Crippen molar-refractivity contribution in [1.82, 2.24) is 4.98 Å². The first-order valence-electron chi connectivity index (χ1n) is 2.85. The highest BCUT2D eigenvalue weighted by Crippen LogP contribution is 2.18. The number of nitrogens with zero attached hydrogens (tertiary/aromatic N) is 1. The molecule has 1 rings (SSSR count). The Morgan fingerprint density at radius 1 is 1.50 bits per heavy atom. The molecule has 0 fully saturated rings. The van der Waals surface area contributed by atoms with E-state index in [4.69, 9.17) is 22.5 Å². The predicted octanol–water partition coefficient (Wildman–Crippen LogP) is -0.0354. The van der Waals surface area contributed by atoms with E-state index in [9.17, 15) is 8.42 Å². The highest BCUT2D eigenvalue weighted by atomic mass is 35.5. The van der Waals surface area contributed by atoms with Crippen LogP contribution < -0.4 is 10.9 Å². The summed E-state index contributed by atoms with van der Waals surface area (Å²) in [6, 6.07) is 1.16. The van der Waals surface area contributed by atoms with E-state index in [0.29, 0.717) is 0 Å². The molecule has 7 heteroatoms. The fraction of sp³-hybridized carbons (Fsp3) is 0. The van der Waals surface area contributed by atoms with Gasteiger partial charge in [0.1, 0.15) is 10.0 Å². The van der Waals surface area contributed by atoms with Gasteiger partial charge in [-0.15, -0.1) is 0 Å². The molecule has 0 aliphatic rings. The first-order valence-corrected chi connectivity index (χ1v) is 4.77. The molecule has 4 N–H and O–H groups in total. The molecule has 0 amide bonds. The van der Waals surface area contributed by atoms with Crippen LogP contribution in [0.5, 0.6) is 0 Å². The Morgan fingerprint density at radius 3 is 2.50 bits per heavy atom. The Morgan fingerprint density at radius 2 is 2.08 bits per heavy atom. The maximum atomic E-state index is 10.8. The number of hydrogen-bond donors (Lipinski definition) is 2. The quantitative estimate of drug-likeness (QED) is 0.632. The maximum Gasteiger partial charge on any atom is 0.241 e. The second kappa shape index (κ2) is 2.89. The zero-order chi connectivity index (χ0) is 9.35. The Kier molecular flexibility index (Phi) is 2.22. The number of primary sulfonamides is 1. The van der Waals surface area contributed by atoms with Gasteiger partial charge in [-0.3, -0.25) is 0 Å². The van der Waals surface area contributed by atoms with Gasteiger partial charge in [-0.2, -0.15) is 0 Å². The van der Waals surface area contributed by atoms with Crippen LogP contribution in [0.1, 0.15) is 0 Å². The molecule has 1 heterocycles. The third-order valence-electron chi connectivity index (χ3n) is 1.13. The molecule has 0 radical (unpaired) electrons. The third kappa shape index (κ3) is 1.84. The molecule has 66 valence electrons. The summed E-state index contributed by atoms with van der Waals surface area (Å²) < 4.78 is 21.6. The van der Waals surface area contributed by atoms with E-state index in [0.717, 1.165) is 6.07 Å². The minimum atomic E-state index is -3.83. The van der Waals surface area contributed by atoms with Crippen LogP contribution >= 0.6 is 11.6 Å². The SMILES string of the molecule is Nc1cnc(Cl)c(S(N)(=O)=O)c1. The van der Waals surface area contributed by atoms with Gasteiger partial charge in [0.05, 0.1) is 11.9 Å². The van der Waals surface area contributed by atoms with E-state index < -0.39 is 10.0 Å². The molecule has 0 aliphatic heterocycles. The minimum absolute atomic E-state index is 0.174. The fourth-order valence-corrected chi connectivity index (χ4v) is 1.66. The molecule has 0 bridgehead atoms. The summed E-state index contributed by atoms with van der Waals surface area (Å²) in [6.45, 7) is 0. The Labute approximate surface area is 74.4 Å². The van der Waals surface area contributed by atoms with Crippen LogP contribution in [-0.4, -0.2) is 13.4 Å². The molecule has 1 aromatic heterocycles. The monoisotopic (exact) mass is 207 g/mol. The summed E-state index contributed by atoms with van der Waals surface area (Å²) in [5.74, 6) is 0. The molecule has 0 aromatic carbocycles. The van der Waals surface area contributed by atoms with Crippen LogP contribution in [0.2, 0.25) is 5.15 Å². The van der Waals surface area contributed by atoms with Gasteiger partial charge in [-0.1, -0.05) is 11.6 Å². The minimum Gasteiger partial charge on any atom is -0.397 e. The second-order valence-corrected chi connectivity index (χ2v) is 3.99. The van der Waals surface area contributed by atoms with Crippen LogP contribution in [0.25, 0.3) is 0 Å². The molecule has 12 heavy (non-hydrogen) atoms. The summed E-state index contributed by atoms with van der Waals surface area (Å²) in [6.07, 6.45) is 1.25. The van der Waals surface area contributed by atoms with Crippen LogP contribution in [-0.2, 0) is 10.0 Å². The van der Waals surface area contributed by atoms with Crippen molar-refractivity contribution < 1.29 is 8.42 Å². The summed E-state index contributed by atoms with van der Waals surface area (Å²) in [5, 5.41) is 4.64. The Hall–Kier alpha value is -0.850. The number of nitrogens with two attached hydrogens (primary N) is 2. The average molecular weight is 208 g/mol. The smallest absolute Gasteiger partial charge is 0.241 e. The first-order chi connectivity index (χ1) is 5.41. The number of aromatic nitrogens is 1. The van der Waals surface area contributed by atoms with Gasteiger partial charge in [0.25, 0.3) is 0 Å². The average Bonchev–Trinajstić information content (AvgIpc) is 1.92. The molecular weight excluding hydrogens is 202 g/mol. The van der Waals surface area contributed by atoms with E-state index in [-0.39, 0.29) is 15.7 Å². The molecule has 0 spiro atoms. The second-order valence-electron chi connectivity index (χ2n) is 2.10. The molecule has 0 atom stereocenters. The van der Waals surface area contributed by atoms with Gasteiger partial charge < -0.3 is 5.73 Å². The lowest BCUT2D eigenvalue weighted by atomic mass is 10.4. The van der Waals surface area contributed by atoms with Crippen molar-refractivity contribution in [3.8, 4) is 0 Å². The van der Waals surface area contributed by atoms with Gasteiger partial charge in [0.2, 0.25) is 10.0 Å². The lowest BCUT2D eigenvalue weighted by molar-refractivity contribution is 0.597. The zero-order valence-electron chi connectivity index (χ0n) is 5.86. The summed E-state index contributed by atoms with van der Waals surface area (Å²) in [4.78, 5) is 3.27. The number of sulfonamides is 1. The first kappa shape index (κ1) is 9.24. The zero-order valence-corrected chi connectivity index (χ0v) is 7.43. The highest BCUT2D eigenvalue weighted by molar-refractivity contribution is 7.89. The largest absolute Gasteiger partial charge is 0.397 e. The highest BCUT2D eigenvalue weighted by Gasteiger charge is 2.13. The van der Waals surface area contributed by atoms with E-state index >= 15 is 0 Å². The summed E-state index contributed by atoms with van der Waals surface area (Å²) in [5.41, 5.74) is 5.48. The number of anilines is 1. The molecule has 0 aliphatic carbocycles. The molecule has 5 nitrogen and oxygen atoms in total. The van der Waals surface area contributed by atoms with E-state index in [2.05, 4.69) is 4.98 Å². The Balaban J connectivity index is 3.43. The number of halogens is 1. The lowest BCUT2D eigenvalue weighted by Crippen LogP contribution is -2.13. The van der Waals surface area contributed by atoms with Crippen molar-refractivity contribution in [3.05, 3.63) is 17.4 Å². The van der Waals surface area contributed by atoms with Gasteiger partial charge in [-0.05, 0) is 6.07 Å². The topological polar surface area (TPSA) is 99.1 Å². The standard InChI is InChI=1S/C5H6ClN3O2S/c6-5-4(12(8,10)11)1-3(7)2-9-5/h1-2H,7H2,(H2,8,10,11). The third-order valence-corrected chi connectivity index (χ3v) is 2.47. The summed E-state index contributed by atoms with van der Waals surface area (Å²) in [7, 11) is -3.83. The number of pyridine rings is 1. The number of rotatable bonds is 1. The van der Waals surface area contributed by atoms with Crippen LogP contribution in [0, 0.1) is 0 Å². The van der Waals surface area contributed by atoms with Crippen molar-refractivity contribution in [2.24, 2.45) is 5.14 Å². The van der Waals surface area contributed by atoms with Crippen molar-refractivity contribution in [1.29, 1.82) is 0 Å². The van der Waals surface area contributed by atoms with Crippen LogP contribution in [0.15, 0.2) is 17.2 Å². The van der Waals surface area contributed by atoms with Crippen LogP contribution in [0.4, 0.5) is 5.69 Å². The normalized spacial score (nSPS) is 11.5. The van der Waals surface area contributed by atoms with E-state index in [1.807, 2.05) is 0 Å². The lowest BCUT2D eigenvalue weighted by Gasteiger charge is -2.00. The van der Waals surface area contributed by atoms with Gasteiger partial charge in [0, 0.05) is 0 Å². The number of nitrogen functional groups attached to an aromatic ring is 1. The van der Waals surface area contributed by atoms with Gasteiger partial charge >= 0.3 is 0 Å². The van der Waals surface area contributed by atoms with Crippen molar-refractivity contribution in [3.63, 3.8) is 0 Å². The number of hydrogen-bond acceptors (Lipinski definition) is 4. The molecule has 1 aromatic rings. The van der Waals surface area contributed by atoms with E-state index in [1.54, 1.807) is 0 Å². The maximum absolute atomic E-state index is 10.8. The fourth-order valence-electron chi connectivity index (χ4n) is 0.643. The predicted molar refractivity (Wildman–Crippen MR) is 45.0 cm³/mol. The Bertz CT molecular complexity index is 403. The molecule has 0 saturated heterocycles. The molecule has 0 unspecified atom stereocenters. The van der Waals surface area contributed by atoms with Gasteiger partial charge in [-0.25, -0.2) is 18.5 Å². The van der Waals surface area contributed by atoms with Crippen LogP contribution in [0.3, 0.4) is 0 Å². The van der Waals surface area contributed by atoms with Crippen molar-refractivity contribution >= 4 is 27.3 Å². The van der Waals surface area contributed by atoms with E-state index in [1.165, 1.54) is 6.20 Å². The molecule has 0 saturated carbocycles. The van der Waals surface area contributed by atoms with Crippen molar-refractivity contribution in [2.45, 2.75) is 4.90 Å². The van der Waals surface area contributed by atoms with Gasteiger partial charge in [0.15, 0.2) is 0 Å². The summed E-state index contributed by atoms with van der Waals surface area (Å²) >= 11 is 5.46. The molecular formula is C5H6ClN3O2S.